The predicted octanol–water partition coefficient (Wildman–Crippen LogP) is 6.10. The van der Waals surface area contributed by atoms with E-state index >= 15 is 4.39 Å². The van der Waals surface area contributed by atoms with Crippen molar-refractivity contribution in [1.82, 2.24) is 9.88 Å². The van der Waals surface area contributed by atoms with Crippen molar-refractivity contribution in [3.05, 3.63) is 134 Å². The third kappa shape index (κ3) is 5.22. The van der Waals surface area contributed by atoms with Crippen molar-refractivity contribution < 1.29 is 28.6 Å². The normalized spacial score (nSPS) is 16.8. The van der Waals surface area contributed by atoms with Crippen LogP contribution in [0.15, 0.2) is 85.1 Å². The monoisotopic (exact) mass is 592 g/mol. The van der Waals surface area contributed by atoms with Crippen LogP contribution in [-0.4, -0.2) is 39.3 Å². The number of hydrogen-bond donors (Lipinski definition) is 1. The van der Waals surface area contributed by atoms with E-state index in [1.165, 1.54) is 42.6 Å². The molecular weight excluding hydrogens is 570 g/mol. The predicted molar refractivity (Wildman–Crippen MR) is 150 cm³/mol. The van der Waals surface area contributed by atoms with Crippen molar-refractivity contribution in [3.63, 3.8) is 0 Å². The van der Waals surface area contributed by atoms with Crippen molar-refractivity contribution in [3.8, 4) is 0 Å². The first-order valence-electron chi connectivity index (χ1n) is 12.7. The smallest absolute Gasteiger partial charge is 0.308 e. The number of pyridine rings is 1. The van der Waals surface area contributed by atoms with Crippen LogP contribution in [0.1, 0.15) is 62.5 Å². The van der Waals surface area contributed by atoms with Gasteiger partial charge in [0.25, 0.3) is 5.91 Å². The van der Waals surface area contributed by atoms with E-state index in [-0.39, 0.29) is 41.0 Å². The number of benzene rings is 3. The van der Waals surface area contributed by atoms with Crippen LogP contribution >= 0.6 is 23.2 Å². The third-order valence-electron chi connectivity index (χ3n) is 6.87. The van der Waals surface area contributed by atoms with Gasteiger partial charge in [0.15, 0.2) is 5.72 Å². The molecule has 5 rings (SSSR count). The van der Waals surface area contributed by atoms with Gasteiger partial charge < -0.3 is 9.84 Å². The maximum atomic E-state index is 16.1. The Morgan fingerprint density at radius 3 is 2.29 bits per heavy atom. The molecule has 0 aliphatic carbocycles. The molecule has 1 unspecified atom stereocenters. The molecule has 1 aromatic heterocycles. The quantitative estimate of drug-likeness (QED) is 0.196. The van der Waals surface area contributed by atoms with Crippen LogP contribution in [-0.2, 0) is 15.3 Å². The first kappa shape index (κ1) is 28.4. The summed E-state index contributed by atoms with van der Waals surface area (Å²) in [6, 6.07) is 18.1. The first-order valence-corrected chi connectivity index (χ1v) is 13.4. The van der Waals surface area contributed by atoms with Gasteiger partial charge in [0.05, 0.1) is 30.2 Å². The van der Waals surface area contributed by atoms with Crippen LogP contribution < -0.4 is 0 Å². The van der Waals surface area contributed by atoms with E-state index in [4.69, 9.17) is 27.9 Å². The molecule has 41 heavy (non-hydrogen) atoms. The van der Waals surface area contributed by atoms with E-state index in [1.54, 1.807) is 43.3 Å². The molecule has 1 amide bonds. The fourth-order valence-corrected chi connectivity index (χ4v) is 5.31. The van der Waals surface area contributed by atoms with Crippen LogP contribution in [0.5, 0.6) is 0 Å². The summed E-state index contributed by atoms with van der Waals surface area (Å²) in [6.07, 6.45) is 1.07. The highest BCUT2D eigenvalue weighted by molar-refractivity contribution is 6.30. The Balaban J connectivity index is 1.73. The maximum Gasteiger partial charge on any atom is 0.308 e. The van der Waals surface area contributed by atoms with Gasteiger partial charge in [0, 0.05) is 27.4 Å². The summed E-state index contributed by atoms with van der Waals surface area (Å²) in [4.78, 5) is 45.2. The molecule has 0 saturated carbocycles. The molecule has 0 bridgehead atoms. The maximum absolute atomic E-state index is 16.1. The van der Waals surface area contributed by atoms with E-state index in [9.17, 15) is 19.5 Å². The Kier molecular flexibility index (Phi) is 7.91. The number of rotatable bonds is 8. The summed E-state index contributed by atoms with van der Waals surface area (Å²) >= 11 is 12.2. The highest BCUT2D eigenvalue weighted by Gasteiger charge is 2.55. The van der Waals surface area contributed by atoms with E-state index in [0.29, 0.717) is 15.6 Å². The van der Waals surface area contributed by atoms with Gasteiger partial charge >= 0.3 is 5.97 Å². The molecule has 0 radical (unpaired) electrons. The highest BCUT2D eigenvalue weighted by atomic mass is 35.5. The average Bonchev–Trinajstić information content (AvgIpc) is 3.20. The van der Waals surface area contributed by atoms with Crippen LogP contribution in [0, 0.1) is 5.82 Å². The van der Waals surface area contributed by atoms with Crippen molar-refractivity contribution >= 4 is 40.9 Å². The van der Waals surface area contributed by atoms with Crippen LogP contribution in [0.3, 0.4) is 0 Å². The van der Waals surface area contributed by atoms with Gasteiger partial charge in [0.2, 0.25) is 5.78 Å². The molecule has 1 aliphatic heterocycles. The lowest BCUT2D eigenvalue weighted by atomic mass is 9.90. The van der Waals surface area contributed by atoms with Gasteiger partial charge in [-0.25, -0.2) is 4.39 Å². The molecule has 4 aromatic rings. The van der Waals surface area contributed by atoms with E-state index in [2.05, 4.69) is 4.98 Å². The molecule has 7 nitrogen and oxygen atoms in total. The second-order valence-corrected chi connectivity index (χ2v) is 10.2. The van der Waals surface area contributed by atoms with Gasteiger partial charge in [-0.15, -0.1) is 0 Å². The molecule has 2 heterocycles. The molecule has 3 aromatic carbocycles. The van der Waals surface area contributed by atoms with Crippen molar-refractivity contribution in [2.45, 2.75) is 25.1 Å². The number of aromatic nitrogens is 1. The summed E-state index contributed by atoms with van der Waals surface area (Å²) in [5, 5.41) is 13.2. The third-order valence-corrected chi connectivity index (χ3v) is 7.38. The van der Waals surface area contributed by atoms with E-state index in [1.807, 2.05) is 0 Å². The van der Waals surface area contributed by atoms with Gasteiger partial charge in [0.1, 0.15) is 11.5 Å². The van der Waals surface area contributed by atoms with Gasteiger partial charge in [-0.05, 0) is 61.0 Å². The molecule has 208 valence electrons. The van der Waals surface area contributed by atoms with Gasteiger partial charge in [-0.1, -0.05) is 53.5 Å². The van der Waals surface area contributed by atoms with E-state index < -0.39 is 35.2 Å². The second kappa shape index (κ2) is 11.4. The number of halogens is 3. The lowest BCUT2D eigenvalue weighted by Crippen LogP contribution is -2.47. The van der Waals surface area contributed by atoms with Crippen LogP contribution in [0.2, 0.25) is 10.0 Å². The number of amides is 1. The van der Waals surface area contributed by atoms with E-state index in [0.717, 1.165) is 11.0 Å². The first-order chi connectivity index (χ1) is 19.6. The number of aliphatic hydroxyl groups is 1. The second-order valence-electron chi connectivity index (χ2n) is 9.36. The molecule has 0 fully saturated rings. The van der Waals surface area contributed by atoms with Gasteiger partial charge in [-0.2, -0.15) is 0 Å². The number of carbonyl (C=O) groups is 3. The number of fused-ring (bicyclic) bond motifs is 1. The molecule has 0 saturated heterocycles. The Morgan fingerprint density at radius 1 is 1.02 bits per heavy atom. The number of nitrogens with zero attached hydrogens (tertiary/aromatic N) is 2. The molecule has 0 spiro atoms. The minimum atomic E-state index is -2.38. The van der Waals surface area contributed by atoms with Gasteiger partial charge in [-0.3, -0.25) is 24.3 Å². The topological polar surface area (TPSA) is 96.8 Å². The SMILES string of the molecule is CCOC(=O)C[C@@H](c1ccc(Cl)cc1)N1C(=O)c2cc(C(=O)c3ccccn3)cc(F)c2C1(O)c1ccc(Cl)cc1. The number of esters is 1. The lowest BCUT2D eigenvalue weighted by molar-refractivity contribution is -0.146. The highest BCUT2D eigenvalue weighted by Crippen LogP contribution is 2.49. The number of carbonyl (C=O) groups excluding carboxylic acids is 3. The zero-order valence-electron chi connectivity index (χ0n) is 21.7. The molecular formula is C31H23Cl2FN2O5. The number of ketones is 1. The molecule has 1 N–H and O–H groups in total. The Morgan fingerprint density at radius 2 is 1.68 bits per heavy atom. The summed E-state index contributed by atoms with van der Waals surface area (Å²) in [7, 11) is 0. The number of ether oxygens (including phenoxy) is 1. The zero-order chi connectivity index (χ0) is 29.3. The fraction of sp³-hybridized carbons (Fsp3) is 0.161. The standard InChI is InChI=1S/C31H23Cl2FN2O5/c1-2-41-27(37)17-26(18-6-10-21(32)11-7-18)36-30(39)23-15-19(29(38)25-5-3-4-14-35-25)16-24(34)28(23)31(36,40)20-8-12-22(33)13-9-20/h3-16,26,40H,2,17H2,1H3/t26-,31?/m0/s1. The minimum Gasteiger partial charge on any atom is -0.466 e. The Bertz CT molecular complexity index is 1630. The van der Waals surface area contributed by atoms with Crippen LogP contribution in [0.25, 0.3) is 0 Å². The molecule has 10 heteroatoms. The summed E-state index contributed by atoms with van der Waals surface area (Å²) in [5.41, 5.74) is -2.47. The summed E-state index contributed by atoms with van der Waals surface area (Å²) in [6.45, 7) is 1.74. The lowest BCUT2D eigenvalue weighted by Gasteiger charge is -2.40. The fourth-order valence-electron chi connectivity index (χ4n) is 5.06. The Labute approximate surface area is 245 Å². The van der Waals surface area contributed by atoms with Crippen LogP contribution in [0.4, 0.5) is 4.39 Å². The average molecular weight is 593 g/mol. The molecule has 1 aliphatic rings. The minimum absolute atomic E-state index is 0.0588. The van der Waals surface area contributed by atoms with Crippen molar-refractivity contribution in [2.24, 2.45) is 0 Å². The van der Waals surface area contributed by atoms with Crippen molar-refractivity contribution in [1.29, 1.82) is 0 Å². The Hall–Kier alpha value is -4.11. The van der Waals surface area contributed by atoms with Crippen molar-refractivity contribution in [2.75, 3.05) is 6.61 Å². The summed E-state index contributed by atoms with van der Waals surface area (Å²) in [5.74, 6) is -3.02. The largest absolute Gasteiger partial charge is 0.466 e. The number of hydrogen-bond acceptors (Lipinski definition) is 6. The summed E-state index contributed by atoms with van der Waals surface area (Å²) < 4.78 is 21.3. The molecule has 2 atom stereocenters. The zero-order valence-corrected chi connectivity index (χ0v) is 23.2.